The van der Waals surface area contributed by atoms with Gasteiger partial charge in [0.25, 0.3) is 5.69 Å². The summed E-state index contributed by atoms with van der Waals surface area (Å²) >= 11 is 0. The van der Waals surface area contributed by atoms with E-state index >= 15 is 0 Å². The number of rotatable bonds is 5. The lowest BCUT2D eigenvalue weighted by molar-refractivity contribution is -0.384. The van der Waals surface area contributed by atoms with E-state index in [1.807, 2.05) is 6.07 Å². The second kappa shape index (κ2) is 6.63. The third-order valence-electron chi connectivity index (χ3n) is 3.67. The highest BCUT2D eigenvalue weighted by molar-refractivity contribution is 5.34. The highest BCUT2D eigenvalue weighted by Crippen LogP contribution is 2.14. The maximum absolute atomic E-state index is 10.7. The predicted octanol–water partition coefficient (Wildman–Crippen LogP) is 2.17. The van der Waals surface area contributed by atoms with Crippen LogP contribution in [0.4, 0.5) is 5.69 Å². The van der Waals surface area contributed by atoms with E-state index in [1.54, 1.807) is 12.1 Å². The molecule has 1 atom stereocenters. The van der Waals surface area contributed by atoms with Gasteiger partial charge in [-0.3, -0.25) is 10.1 Å². The molecular formula is C14H21N3O2. The van der Waals surface area contributed by atoms with Crippen LogP contribution in [0.2, 0.25) is 0 Å². The largest absolute Gasteiger partial charge is 0.309 e. The van der Waals surface area contributed by atoms with Crippen molar-refractivity contribution < 1.29 is 4.92 Å². The van der Waals surface area contributed by atoms with Crippen LogP contribution >= 0.6 is 0 Å². The van der Waals surface area contributed by atoms with Crippen molar-refractivity contribution in [3.8, 4) is 0 Å². The van der Waals surface area contributed by atoms with Gasteiger partial charge in [-0.2, -0.15) is 0 Å². The fourth-order valence-corrected chi connectivity index (χ4v) is 2.55. The van der Waals surface area contributed by atoms with Gasteiger partial charge in [-0.05, 0) is 31.5 Å². The number of benzene rings is 1. The van der Waals surface area contributed by atoms with Crippen molar-refractivity contribution in [2.24, 2.45) is 0 Å². The van der Waals surface area contributed by atoms with E-state index in [0.717, 1.165) is 18.7 Å². The number of likely N-dealkylation sites (N-methyl/N-ethyl adjacent to an activating group) is 1. The van der Waals surface area contributed by atoms with Crippen LogP contribution in [-0.4, -0.2) is 35.5 Å². The fourth-order valence-electron chi connectivity index (χ4n) is 2.55. The monoisotopic (exact) mass is 263 g/mol. The van der Waals surface area contributed by atoms with Crippen LogP contribution in [0.25, 0.3) is 0 Å². The van der Waals surface area contributed by atoms with E-state index in [-0.39, 0.29) is 10.6 Å². The maximum atomic E-state index is 10.7. The van der Waals surface area contributed by atoms with Crippen molar-refractivity contribution in [2.45, 2.75) is 32.4 Å². The van der Waals surface area contributed by atoms with Crippen molar-refractivity contribution in [2.75, 3.05) is 19.6 Å². The van der Waals surface area contributed by atoms with Gasteiger partial charge in [-0.25, -0.2) is 0 Å². The highest BCUT2D eigenvalue weighted by Gasteiger charge is 2.18. The summed E-state index contributed by atoms with van der Waals surface area (Å²) in [5.41, 5.74) is 1.14. The smallest absolute Gasteiger partial charge is 0.269 e. The van der Waals surface area contributed by atoms with E-state index < -0.39 is 0 Å². The van der Waals surface area contributed by atoms with Crippen LogP contribution in [0.5, 0.6) is 0 Å². The molecule has 1 N–H and O–H groups in total. The van der Waals surface area contributed by atoms with Gasteiger partial charge in [0, 0.05) is 31.3 Å². The Kier molecular flexibility index (Phi) is 4.87. The molecule has 0 amide bonds. The molecule has 1 fully saturated rings. The lowest BCUT2D eigenvalue weighted by atomic mass is 10.1. The average Bonchev–Trinajstić information content (AvgIpc) is 2.45. The summed E-state index contributed by atoms with van der Waals surface area (Å²) in [6.07, 6.45) is 2.41. The number of hydrogen-bond acceptors (Lipinski definition) is 4. The highest BCUT2D eigenvalue weighted by atomic mass is 16.6. The molecule has 0 saturated carbocycles. The Morgan fingerprint density at radius 2 is 2.37 bits per heavy atom. The first kappa shape index (κ1) is 14.0. The zero-order chi connectivity index (χ0) is 13.7. The van der Waals surface area contributed by atoms with E-state index in [1.165, 1.54) is 25.5 Å². The first-order valence-electron chi connectivity index (χ1n) is 6.88. The van der Waals surface area contributed by atoms with E-state index in [9.17, 15) is 10.1 Å². The molecule has 1 aliphatic heterocycles. The normalized spacial score (nSPS) is 20.4. The molecule has 2 rings (SSSR count). The summed E-state index contributed by atoms with van der Waals surface area (Å²) in [5.74, 6) is 0. The molecule has 0 aliphatic carbocycles. The zero-order valence-electron chi connectivity index (χ0n) is 11.3. The van der Waals surface area contributed by atoms with Crippen molar-refractivity contribution >= 4 is 5.69 Å². The minimum Gasteiger partial charge on any atom is -0.309 e. The molecule has 19 heavy (non-hydrogen) atoms. The lowest BCUT2D eigenvalue weighted by Gasteiger charge is -2.32. The Bertz CT molecular complexity index is 436. The molecule has 0 aromatic heterocycles. The minimum atomic E-state index is -0.344. The summed E-state index contributed by atoms with van der Waals surface area (Å²) < 4.78 is 0. The topological polar surface area (TPSA) is 58.4 Å². The number of nitro groups is 1. The Labute approximate surface area is 113 Å². The first-order chi connectivity index (χ1) is 9.19. The SMILES string of the molecule is CCN1CCCC(NCc2cccc([N+](=O)[O-])c2)C1. The summed E-state index contributed by atoms with van der Waals surface area (Å²) in [7, 11) is 0. The number of nitrogens with zero attached hydrogens (tertiary/aromatic N) is 2. The number of piperidine rings is 1. The van der Waals surface area contributed by atoms with Gasteiger partial charge in [0.2, 0.25) is 0 Å². The third kappa shape index (κ3) is 4.01. The van der Waals surface area contributed by atoms with E-state index in [0.29, 0.717) is 12.6 Å². The predicted molar refractivity (Wildman–Crippen MR) is 75.1 cm³/mol. The molecular weight excluding hydrogens is 242 g/mol. The molecule has 5 heteroatoms. The molecule has 5 nitrogen and oxygen atoms in total. The Morgan fingerprint density at radius 1 is 1.53 bits per heavy atom. The van der Waals surface area contributed by atoms with Crippen LogP contribution in [0, 0.1) is 10.1 Å². The zero-order valence-corrected chi connectivity index (χ0v) is 11.3. The van der Waals surface area contributed by atoms with Gasteiger partial charge >= 0.3 is 0 Å². The van der Waals surface area contributed by atoms with E-state index in [4.69, 9.17) is 0 Å². The maximum Gasteiger partial charge on any atom is 0.269 e. The molecule has 1 aromatic rings. The van der Waals surface area contributed by atoms with Crippen LogP contribution in [-0.2, 0) is 6.54 Å². The summed E-state index contributed by atoms with van der Waals surface area (Å²) in [6, 6.07) is 7.35. The van der Waals surface area contributed by atoms with Gasteiger partial charge in [-0.1, -0.05) is 19.1 Å². The summed E-state index contributed by atoms with van der Waals surface area (Å²) in [6.45, 7) is 6.23. The molecule has 104 valence electrons. The van der Waals surface area contributed by atoms with Crippen molar-refractivity contribution in [1.29, 1.82) is 0 Å². The van der Waals surface area contributed by atoms with Gasteiger partial charge in [0.05, 0.1) is 4.92 Å². The quantitative estimate of drug-likeness (QED) is 0.653. The Morgan fingerprint density at radius 3 is 3.11 bits per heavy atom. The number of non-ortho nitro benzene ring substituents is 1. The number of likely N-dealkylation sites (tertiary alicyclic amines) is 1. The number of nitro benzene ring substituents is 1. The van der Waals surface area contributed by atoms with Crippen molar-refractivity contribution in [1.82, 2.24) is 10.2 Å². The minimum absolute atomic E-state index is 0.165. The van der Waals surface area contributed by atoms with E-state index in [2.05, 4.69) is 17.1 Å². The van der Waals surface area contributed by atoms with Gasteiger partial charge in [0.1, 0.15) is 0 Å². The average molecular weight is 263 g/mol. The molecule has 0 spiro atoms. The van der Waals surface area contributed by atoms with Gasteiger partial charge < -0.3 is 10.2 Å². The molecule has 1 aromatic carbocycles. The second-order valence-electron chi connectivity index (χ2n) is 5.04. The van der Waals surface area contributed by atoms with Gasteiger partial charge in [-0.15, -0.1) is 0 Å². The lowest BCUT2D eigenvalue weighted by Crippen LogP contribution is -2.45. The molecule has 0 bridgehead atoms. The fraction of sp³-hybridized carbons (Fsp3) is 0.571. The first-order valence-corrected chi connectivity index (χ1v) is 6.88. The van der Waals surface area contributed by atoms with Crippen molar-refractivity contribution in [3.05, 3.63) is 39.9 Å². The number of hydrogen-bond donors (Lipinski definition) is 1. The molecule has 1 saturated heterocycles. The standard InChI is InChI=1S/C14H21N3O2/c1-2-16-8-4-6-13(11-16)15-10-12-5-3-7-14(9-12)17(18)19/h3,5,7,9,13,15H,2,4,6,8,10-11H2,1H3. The number of nitrogens with one attached hydrogen (secondary N) is 1. The molecule has 1 unspecified atom stereocenters. The Hall–Kier alpha value is -1.46. The third-order valence-corrected chi connectivity index (χ3v) is 3.67. The Balaban J connectivity index is 1.88. The van der Waals surface area contributed by atoms with Crippen LogP contribution in [0.3, 0.4) is 0 Å². The second-order valence-corrected chi connectivity index (χ2v) is 5.04. The van der Waals surface area contributed by atoms with Gasteiger partial charge in [0.15, 0.2) is 0 Å². The molecule has 1 aliphatic rings. The van der Waals surface area contributed by atoms with Crippen LogP contribution < -0.4 is 5.32 Å². The summed E-state index contributed by atoms with van der Waals surface area (Å²) in [5, 5.41) is 14.2. The van der Waals surface area contributed by atoms with Crippen molar-refractivity contribution in [3.63, 3.8) is 0 Å². The molecule has 0 radical (unpaired) electrons. The van der Waals surface area contributed by atoms with Crippen LogP contribution in [0.15, 0.2) is 24.3 Å². The summed E-state index contributed by atoms with van der Waals surface area (Å²) in [4.78, 5) is 12.8. The van der Waals surface area contributed by atoms with Crippen LogP contribution in [0.1, 0.15) is 25.3 Å². The molecule has 1 heterocycles.